The van der Waals surface area contributed by atoms with E-state index in [0.29, 0.717) is 6.04 Å². The number of nitrogens with two attached hydrogens (primary N) is 1. The van der Waals surface area contributed by atoms with Gasteiger partial charge in [-0.25, -0.2) is 0 Å². The molecule has 0 aromatic rings. The molecular weight excluding hydrogens is 172 g/mol. The third-order valence-corrected chi connectivity index (χ3v) is 4.07. The first kappa shape index (κ1) is 10.4. The lowest BCUT2D eigenvalue weighted by molar-refractivity contribution is 0.0687. The number of hydrogen-bond acceptors (Lipinski definition) is 2. The van der Waals surface area contributed by atoms with Gasteiger partial charge in [0.15, 0.2) is 0 Å². The fourth-order valence-corrected chi connectivity index (χ4v) is 3.06. The van der Waals surface area contributed by atoms with Crippen LogP contribution in [0.4, 0.5) is 0 Å². The molecule has 2 rings (SSSR count). The van der Waals surface area contributed by atoms with Crippen molar-refractivity contribution in [3.8, 4) is 0 Å². The Bertz CT molecular complexity index is 177. The highest BCUT2D eigenvalue weighted by molar-refractivity contribution is 4.87. The van der Waals surface area contributed by atoms with E-state index in [9.17, 15) is 0 Å². The molecule has 2 nitrogen and oxygen atoms in total. The predicted molar refractivity (Wildman–Crippen MR) is 60.2 cm³/mol. The van der Waals surface area contributed by atoms with Crippen molar-refractivity contribution in [2.24, 2.45) is 11.7 Å². The summed E-state index contributed by atoms with van der Waals surface area (Å²) in [5.41, 5.74) is 6.04. The Hall–Kier alpha value is -0.0800. The Morgan fingerprint density at radius 1 is 1.29 bits per heavy atom. The van der Waals surface area contributed by atoms with Gasteiger partial charge >= 0.3 is 0 Å². The highest BCUT2D eigenvalue weighted by Gasteiger charge is 2.32. The summed E-state index contributed by atoms with van der Waals surface area (Å²) in [4.78, 5) is 2.66. The van der Waals surface area contributed by atoms with E-state index < -0.39 is 0 Å². The van der Waals surface area contributed by atoms with Crippen LogP contribution in [0.1, 0.15) is 45.4 Å². The van der Waals surface area contributed by atoms with Crippen LogP contribution < -0.4 is 5.73 Å². The van der Waals surface area contributed by atoms with E-state index in [-0.39, 0.29) is 0 Å². The molecule has 1 heterocycles. The number of hydrogen-bond donors (Lipinski definition) is 1. The fraction of sp³-hybridized carbons (Fsp3) is 1.00. The van der Waals surface area contributed by atoms with E-state index in [1.807, 2.05) is 0 Å². The van der Waals surface area contributed by atoms with Crippen LogP contribution in [-0.4, -0.2) is 30.1 Å². The van der Waals surface area contributed by atoms with Gasteiger partial charge in [0.1, 0.15) is 0 Å². The van der Waals surface area contributed by atoms with Gasteiger partial charge in [0.2, 0.25) is 0 Å². The predicted octanol–water partition coefficient (Wildman–Crippen LogP) is 1.99. The van der Waals surface area contributed by atoms with Crippen LogP contribution in [-0.2, 0) is 0 Å². The third kappa shape index (κ3) is 2.12. The van der Waals surface area contributed by atoms with Crippen molar-refractivity contribution in [1.82, 2.24) is 4.90 Å². The quantitative estimate of drug-likeness (QED) is 0.748. The average molecular weight is 196 g/mol. The topological polar surface area (TPSA) is 29.3 Å². The third-order valence-electron chi connectivity index (χ3n) is 4.07. The Morgan fingerprint density at radius 2 is 2.07 bits per heavy atom. The van der Waals surface area contributed by atoms with Crippen molar-refractivity contribution >= 4 is 0 Å². The van der Waals surface area contributed by atoms with Crippen molar-refractivity contribution in [3.63, 3.8) is 0 Å². The molecule has 1 saturated heterocycles. The van der Waals surface area contributed by atoms with Crippen molar-refractivity contribution in [3.05, 3.63) is 0 Å². The van der Waals surface area contributed by atoms with E-state index in [4.69, 9.17) is 5.73 Å². The number of rotatable bonds is 3. The smallest absolute Gasteiger partial charge is 0.0168 e. The zero-order chi connectivity index (χ0) is 9.97. The molecule has 0 aromatic carbocycles. The van der Waals surface area contributed by atoms with E-state index in [2.05, 4.69) is 11.8 Å². The number of nitrogens with zero attached hydrogens (tertiary/aromatic N) is 1. The second kappa shape index (κ2) is 4.63. The van der Waals surface area contributed by atoms with Crippen LogP contribution >= 0.6 is 0 Å². The highest BCUT2D eigenvalue weighted by atomic mass is 15.2. The van der Waals surface area contributed by atoms with Gasteiger partial charge in [-0.05, 0) is 44.6 Å². The molecule has 2 atom stereocenters. The second-order valence-electron chi connectivity index (χ2n) is 5.06. The minimum atomic E-state index is 0.442. The first-order valence-corrected chi connectivity index (χ1v) is 6.31. The maximum Gasteiger partial charge on any atom is 0.0168 e. The molecular formula is C12H24N2. The van der Waals surface area contributed by atoms with Crippen molar-refractivity contribution in [2.45, 2.75) is 57.5 Å². The Kier molecular flexibility index (Phi) is 3.45. The molecule has 1 aliphatic carbocycles. The fourth-order valence-electron chi connectivity index (χ4n) is 3.06. The normalized spacial score (nSPS) is 32.6. The van der Waals surface area contributed by atoms with Gasteiger partial charge < -0.3 is 5.73 Å². The molecule has 2 fully saturated rings. The van der Waals surface area contributed by atoms with Crippen LogP contribution in [0.5, 0.6) is 0 Å². The first-order valence-electron chi connectivity index (χ1n) is 6.31. The van der Waals surface area contributed by atoms with Gasteiger partial charge in [0.25, 0.3) is 0 Å². The monoisotopic (exact) mass is 196 g/mol. The zero-order valence-electron chi connectivity index (χ0n) is 9.41. The summed E-state index contributed by atoms with van der Waals surface area (Å²) >= 11 is 0. The molecule has 2 N–H and O–H groups in total. The molecule has 0 radical (unpaired) electrons. The van der Waals surface area contributed by atoms with E-state index >= 15 is 0 Å². The summed E-state index contributed by atoms with van der Waals surface area (Å²) in [7, 11) is 0. The van der Waals surface area contributed by atoms with E-state index in [1.54, 1.807) is 0 Å². The maximum atomic E-state index is 6.04. The van der Waals surface area contributed by atoms with Gasteiger partial charge in [0, 0.05) is 18.6 Å². The summed E-state index contributed by atoms with van der Waals surface area (Å²) in [6, 6.07) is 1.29. The lowest BCUT2D eigenvalue weighted by Crippen LogP contribution is -2.51. The largest absolute Gasteiger partial charge is 0.327 e. The Morgan fingerprint density at radius 3 is 2.57 bits per heavy atom. The van der Waals surface area contributed by atoms with Gasteiger partial charge in [0.05, 0.1) is 0 Å². The molecule has 2 heteroatoms. The van der Waals surface area contributed by atoms with Crippen molar-refractivity contribution in [1.29, 1.82) is 0 Å². The van der Waals surface area contributed by atoms with Crippen LogP contribution in [0.25, 0.3) is 0 Å². The minimum absolute atomic E-state index is 0.442. The SMILES string of the molecule is CCC(C1CCC1)N1CCCC(N)C1. The van der Waals surface area contributed by atoms with E-state index in [0.717, 1.165) is 18.5 Å². The molecule has 0 amide bonds. The summed E-state index contributed by atoms with van der Waals surface area (Å²) in [6.45, 7) is 4.78. The summed E-state index contributed by atoms with van der Waals surface area (Å²) in [5, 5.41) is 0. The van der Waals surface area contributed by atoms with Gasteiger partial charge in [-0.3, -0.25) is 4.90 Å². The van der Waals surface area contributed by atoms with Crippen molar-refractivity contribution < 1.29 is 0 Å². The highest BCUT2D eigenvalue weighted by Crippen LogP contribution is 2.34. The molecule has 2 aliphatic rings. The molecule has 0 bridgehead atoms. The lowest BCUT2D eigenvalue weighted by atomic mass is 9.77. The van der Waals surface area contributed by atoms with Crippen molar-refractivity contribution in [2.75, 3.05) is 13.1 Å². The summed E-state index contributed by atoms with van der Waals surface area (Å²) in [6.07, 6.45) is 8.24. The number of piperidine rings is 1. The van der Waals surface area contributed by atoms with Crippen LogP contribution in [0, 0.1) is 5.92 Å². The molecule has 0 spiro atoms. The Labute approximate surface area is 87.8 Å². The molecule has 1 aliphatic heterocycles. The molecule has 1 saturated carbocycles. The first-order chi connectivity index (χ1) is 6.81. The van der Waals surface area contributed by atoms with E-state index in [1.165, 1.54) is 45.1 Å². The summed E-state index contributed by atoms with van der Waals surface area (Å²) in [5.74, 6) is 0.991. The average Bonchev–Trinajstić information content (AvgIpc) is 2.10. The zero-order valence-corrected chi connectivity index (χ0v) is 9.41. The summed E-state index contributed by atoms with van der Waals surface area (Å²) < 4.78 is 0. The van der Waals surface area contributed by atoms with Crippen LogP contribution in [0.15, 0.2) is 0 Å². The van der Waals surface area contributed by atoms with Gasteiger partial charge in [-0.2, -0.15) is 0 Å². The number of likely N-dealkylation sites (tertiary alicyclic amines) is 1. The standard InChI is InChI=1S/C12H24N2/c1-2-12(10-5-3-6-10)14-8-4-7-11(13)9-14/h10-12H,2-9,13H2,1H3. The molecule has 2 unspecified atom stereocenters. The van der Waals surface area contributed by atoms with Gasteiger partial charge in [-0.15, -0.1) is 0 Å². The minimum Gasteiger partial charge on any atom is -0.327 e. The maximum absolute atomic E-state index is 6.04. The second-order valence-corrected chi connectivity index (χ2v) is 5.06. The van der Waals surface area contributed by atoms with Gasteiger partial charge in [-0.1, -0.05) is 13.3 Å². The molecule has 82 valence electrons. The lowest BCUT2D eigenvalue weighted by Gasteiger charge is -2.43. The van der Waals surface area contributed by atoms with Crippen LogP contribution in [0.2, 0.25) is 0 Å². The molecule has 0 aromatic heterocycles. The Balaban J connectivity index is 1.89. The molecule has 14 heavy (non-hydrogen) atoms. The van der Waals surface area contributed by atoms with Crippen LogP contribution in [0.3, 0.4) is 0 Å².